The summed E-state index contributed by atoms with van der Waals surface area (Å²) in [6.45, 7) is 0.419. The van der Waals surface area contributed by atoms with Gasteiger partial charge < -0.3 is 15.4 Å². The molecule has 2 N–H and O–H groups in total. The third-order valence-electron chi connectivity index (χ3n) is 2.68. The summed E-state index contributed by atoms with van der Waals surface area (Å²) < 4.78 is 5.35. The molecule has 0 heterocycles. The average molecular weight is 325 g/mol. The Morgan fingerprint density at radius 3 is 2.43 bits per heavy atom. The van der Waals surface area contributed by atoms with Gasteiger partial charge in [0.05, 0.1) is 0 Å². The van der Waals surface area contributed by atoms with Crippen LogP contribution in [0.5, 0.6) is 5.75 Å². The van der Waals surface area contributed by atoms with Gasteiger partial charge in [-0.3, -0.25) is 0 Å². The molecule has 0 aliphatic rings. The topological polar surface area (TPSA) is 50.4 Å². The normalized spacial score (nSPS) is 10.0. The molecule has 2 amide bonds. The molecule has 0 spiro atoms. The molecule has 0 atom stereocenters. The minimum absolute atomic E-state index is 0.0655. The molecule has 2 aromatic rings. The summed E-state index contributed by atoms with van der Waals surface area (Å²) in [4.78, 5) is 11.6. The van der Waals surface area contributed by atoms with Crippen LogP contribution in [-0.4, -0.2) is 12.8 Å². The number of urea groups is 1. The molecule has 0 fully saturated rings. The molecule has 0 radical (unpaired) electrons. The van der Waals surface area contributed by atoms with E-state index in [1.807, 2.05) is 18.2 Å². The van der Waals surface area contributed by atoms with Gasteiger partial charge in [0.2, 0.25) is 0 Å². The summed E-state index contributed by atoms with van der Waals surface area (Å²) in [5, 5.41) is 6.54. The van der Waals surface area contributed by atoms with Crippen LogP contribution in [0.4, 0.5) is 4.79 Å². The van der Waals surface area contributed by atoms with Crippen molar-refractivity contribution in [2.75, 3.05) is 6.73 Å². The quantitative estimate of drug-likeness (QED) is 0.821. The molecule has 2 rings (SSSR count). The molecular weight excluding hydrogens is 311 g/mol. The molecule has 0 unspecified atom stereocenters. The highest BCUT2D eigenvalue weighted by Crippen LogP contribution is 2.15. The van der Waals surface area contributed by atoms with Gasteiger partial charge in [-0.15, -0.1) is 0 Å². The van der Waals surface area contributed by atoms with Gasteiger partial charge in [0.1, 0.15) is 5.75 Å². The van der Waals surface area contributed by atoms with E-state index in [1.54, 1.807) is 30.3 Å². The fourth-order valence-corrected chi connectivity index (χ4v) is 1.92. The monoisotopic (exact) mass is 324 g/mol. The summed E-state index contributed by atoms with van der Waals surface area (Å²) in [5.74, 6) is 0.630. The molecule has 2 aromatic carbocycles. The maximum atomic E-state index is 11.6. The molecule has 0 saturated heterocycles. The molecule has 0 saturated carbocycles. The highest BCUT2D eigenvalue weighted by Gasteiger charge is 2.03. The second-order valence-corrected chi connectivity index (χ2v) is 5.04. The number of ether oxygens (including phenoxy) is 1. The Hall–Kier alpha value is -1.91. The zero-order valence-electron chi connectivity index (χ0n) is 11.1. The Morgan fingerprint density at radius 2 is 1.71 bits per heavy atom. The lowest BCUT2D eigenvalue weighted by molar-refractivity contribution is 0.223. The van der Waals surface area contributed by atoms with Gasteiger partial charge in [-0.05, 0) is 35.9 Å². The van der Waals surface area contributed by atoms with Crippen LogP contribution in [0.2, 0.25) is 10.0 Å². The van der Waals surface area contributed by atoms with E-state index in [1.165, 1.54) is 0 Å². The van der Waals surface area contributed by atoms with Gasteiger partial charge in [0, 0.05) is 16.6 Å². The molecule has 110 valence electrons. The number of nitrogens with one attached hydrogen (secondary N) is 2. The predicted octanol–water partition coefficient (Wildman–Crippen LogP) is 3.83. The molecule has 0 aliphatic carbocycles. The summed E-state index contributed by atoms with van der Waals surface area (Å²) >= 11 is 11.8. The number of carbonyl (C=O) groups is 1. The maximum absolute atomic E-state index is 11.6. The predicted molar refractivity (Wildman–Crippen MR) is 83.8 cm³/mol. The third-order valence-corrected chi connectivity index (χ3v) is 3.30. The third kappa shape index (κ3) is 5.17. The first-order valence-corrected chi connectivity index (χ1v) is 7.04. The van der Waals surface area contributed by atoms with Crippen molar-refractivity contribution in [3.05, 3.63) is 64.1 Å². The standard InChI is InChI=1S/C15H14Cl2N2O2/c16-12-5-7-13(8-6-12)21-10-19-15(20)18-9-11-3-1-2-4-14(11)17/h1-8H,9-10H2,(H2,18,19,20). The van der Waals surface area contributed by atoms with Crippen molar-refractivity contribution in [3.8, 4) is 5.75 Å². The van der Waals surface area contributed by atoms with E-state index in [4.69, 9.17) is 27.9 Å². The van der Waals surface area contributed by atoms with Crippen molar-refractivity contribution in [3.63, 3.8) is 0 Å². The van der Waals surface area contributed by atoms with Crippen molar-refractivity contribution in [2.45, 2.75) is 6.54 Å². The van der Waals surface area contributed by atoms with E-state index in [0.717, 1.165) is 5.56 Å². The van der Waals surface area contributed by atoms with Gasteiger partial charge in [-0.2, -0.15) is 0 Å². The SMILES string of the molecule is O=C(NCOc1ccc(Cl)cc1)NCc1ccccc1Cl. The van der Waals surface area contributed by atoms with Crippen LogP contribution >= 0.6 is 23.2 Å². The van der Waals surface area contributed by atoms with Crippen molar-refractivity contribution in [1.29, 1.82) is 0 Å². The molecule has 0 aliphatic heterocycles. The van der Waals surface area contributed by atoms with E-state index in [-0.39, 0.29) is 12.8 Å². The zero-order valence-corrected chi connectivity index (χ0v) is 12.6. The molecule has 4 nitrogen and oxygen atoms in total. The number of carbonyl (C=O) groups excluding carboxylic acids is 1. The van der Waals surface area contributed by atoms with E-state index < -0.39 is 0 Å². The highest BCUT2D eigenvalue weighted by atomic mass is 35.5. The number of benzene rings is 2. The Morgan fingerprint density at radius 1 is 1.00 bits per heavy atom. The van der Waals surface area contributed by atoms with Gasteiger partial charge in [-0.1, -0.05) is 41.4 Å². The van der Waals surface area contributed by atoms with Gasteiger partial charge in [0.25, 0.3) is 0 Å². The van der Waals surface area contributed by atoms with Crippen LogP contribution in [0.15, 0.2) is 48.5 Å². The van der Waals surface area contributed by atoms with Crippen LogP contribution in [-0.2, 0) is 6.54 Å². The number of rotatable bonds is 5. The lowest BCUT2D eigenvalue weighted by atomic mass is 10.2. The summed E-state index contributed by atoms with van der Waals surface area (Å²) in [7, 11) is 0. The second kappa shape index (κ2) is 7.76. The minimum Gasteiger partial charge on any atom is -0.473 e. The van der Waals surface area contributed by atoms with E-state index in [9.17, 15) is 4.79 Å². The zero-order chi connectivity index (χ0) is 15.1. The van der Waals surface area contributed by atoms with Crippen LogP contribution in [0.1, 0.15) is 5.56 Å². The summed E-state index contributed by atoms with van der Waals surface area (Å²) in [6, 6.07) is 13.9. The van der Waals surface area contributed by atoms with Crippen LogP contribution < -0.4 is 15.4 Å². The number of halogens is 2. The van der Waals surface area contributed by atoms with Crippen molar-refractivity contribution >= 4 is 29.2 Å². The average Bonchev–Trinajstić information content (AvgIpc) is 2.48. The number of amides is 2. The second-order valence-electron chi connectivity index (χ2n) is 4.19. The fraction of sp³-hybridized carbons (Fsp3) is 0.133. The summed E-state index contributed by atoms with van der Waals surface area (Å²) in [5.41, 5.74) is 0.855. The first-order chi connectivity index (χ1) is 10.1. The van der Waals surface area contributed by atoms with E-state index in [0.29, 0.717) is 22.3 Å². The molecule has 0 aromatic heterocycles. The Labute approximate surface area is 133 Å². The molecule has 6 heteroatoms. The molecule has 0 bridgehead atoms. The first kappa shape index (κ1) is 15.5. The highest BCUT2D eigenvalue weighted by molar-refractivity contribution is 6.31. The van der Waals surface area contributed by atoms with Crippen molar-refractivity contribution in [2.24, 2.45) is 0 Å². The molecule has 21 heavy (non-hydrogen) atoms. The molecular formula is C15H14Cl2N2O2. The van der Waals surface area contributed by atoms with Crippen molar-refractivity contribution < 1.29 is 9.53 Å². The first-order valence-electron chi connectivity index (χ1n) is 6.28. The minimum atomic E-state index is -0.330. The lowest BCUT2D eigenvalue weighted by Crippen LogP contribution is -2.37. The Kier molecular flexibility index (Phi) is 5.72. The summed E-state index contributed by atoms with van der Waals surface area (Å²) in [6.07, 6.45) is 0. The smallest absolute Gasteiger partial charge is 0.317 e. The van der Waals surface area contributed by atoms with Gasteiger partial charge >= 0.3 is 6.03 Å². The largest absolute Gasteiger partial charge is 0.473 e. The van der Waals surface area contributed by atoms with Crippen LogP contribution in [0, 0.1) is 0 Å². The van der Waals surface area contributed by atoms with Crippen LogP contribution in [0.3, 0.4) is 0 Å². The van der Waals surface area contributed by atoms with Crippen molar-refractivity contribution in [1.82, 2.24) is 10.6 Å². The van der Waals surface area contributed by atoms with Gasteiger partial charge in [-0.25, -0.2) is 4.79 Å². The number of hydrogen-bond acceptors (Lipinski definition) is 2. The maximum Gasteiger partial charge on any atom is 0.317 e. The lowest BCUT2D eigenvalue weighted by Gasteiger charge is -2.10. The van der Waals surface area contributed by atoms with Gasteiger partial charge in [0.15, 0.2) is 6.73 Å². The van der Waals surface area contributed by atoms with E-state index >= 15 is 0 Å². The Balaban J connectivity index is 1.70. The Bertz CT molecular complexity index is 603. The number of hydrogen-bond donors (Lipinski definition) is 2. The fourth-order valence-electron chi connectivity index (χ4n) is 1.60. The van der Waals surface area contributed by atoms with Crippen LogP contribution in [0.25, 0.3) is 0 Å². The van der Waals surface area contributed by atoms with E-state index in [2.05, 4.69) is 10.6 Å².